The predicted octanol–water partition coefficient (Wildman–Crippen LogP) is 2.93. The van der Waals surface area contributed by atoms with Gasteiger partial charge < -0.3 is 4.74 Å². The van der Waals surface area contributed by atoms with E-state index in [-0.39, 0.29) is 17.0 Å². The highest BCUT2D eigenvalue weighted by Gasteiger charge is 2.12. The van der Waals surface area contributed by atoms with Gasteiger partial charge in [-0.2, -0.15) is 0 Å². The molecule has 0 atom stereocenters. The minimum absolute atomic E-state index is 0.0261. The van der Waals surface area contributed by atoms with Crippen LogP contribution in [0.5, 0.6) is 5.75 Å². The van der Waals surface area contributed by atoms with Gasteiger partial charge in [-0.1, -0.05) is 5.11 Å². The molecule has 0 saturated carbocycles. The zero-order valence-corrected chi connectivity index (χ0v) is 8.93. The van der Waals surface area contributed by atoms with Crippen LogP contribution in [0.4, 0.5) is 5.69 Å². The smallest absolute Gasteiger partial charge is 0.308 e. The third-order valence-electron chi connectivity index (χ3n) is 1.59. The second-order valence-corrected chi connectivity index (χ2v) is 3.08. The quantitative estimate of drug-likeness (QED) is 0.203. The number of carbonyl (C=O) groups excluding carboxylic acids is 2. The first kappa shape index (κ1) is 12.0. The van der Waals surface area contributed by atoms with E-state index in [1.54, 1.807) is 0 Å². The largest absolute Gasteiger partial charge is 0.426 e. The van der Waals surface area contributed by atoms with Crippen molar-refractivity contribution in [3.8, 4) is 5.75 Å². The topological polar surface area (TPSA) is 92.1 Å². The minimum Gasteiger partial charge on any atom is -0.426 e. The van der Waals surface area contributed by atoms with Crippen molar-refractivity contribution in [3.05, 3.63) is 34.2 Å². The van der Waals surface area contributed by atoms with Crippen LogP contribution in [-0.2, 0) is 4.79 Å². The third-order valence-corrected chi connectivity index (χ3v) is 1.79. The Kier molecular flexibility index (Phi) is 3.88. The Labute approximate surface area is 95.4 Å². The maximum atomic E-state index is 11.0. The van der Waals surface area contributed by atoms with E-state index in [1.807, 2.05) is 0 Å². The van der Waals surface area contributed by atoms with Crippen LogP contribution in [0.15, 0.2) is 23.3 Å². The highest BCUT2D eigenvalue weighted by molar-refractivity contribution is 6.68. The lowest BCUT2D eigenvalue weighted by Crippen LogP contribution is -2.05. The molecule has 1 aromatic carbocycles. The van der Waals surface area contributed by atoms with Crippen LogP contribution >= 0.6 is 11.6 Å². The van der Waals surface area contributed by atoms with Crippen molar-refractivity contribution in [1.29, 1.82) is 0 Å². The van der Waals surface area contributed by atoms with Crippen LogP contribution in [-0.4, -0.2) is 11.2 Å². The van der Waals surface area contributed by atoms with Gasteiger partial charge >= 0.3 is 5.97 Å². The van der Waals surface area contributed by atoms with E-state index in [2.05, 4.69) is 10.0 Å². The van der Waals surface area contributed by atoms with Crippen molar-refractivity contribution in [1.82, 2.24) is 0 Å². The van der Waals surface area contributed by atoms with Crippen molar-refractivity contribution < 1.29 is 14.3 Å². The molecular formula is C9H6ClN3O3. The minimum atomic E-state index is -0.800. The summed E-state index contributed by atoms with van der Waals surface area (Å²) in [5, 5.41) is 2.50. The van der Waals surface area contributed by atoms with Crippen LogP contribution in [0.3, 0.4) is 0 Å². The van der Waals surface area contributed by atoms with Crippen LogP contribution in [0, 0.1) is 0 Å². The van der Waals surface area contributed by atoms with E-state index in [0.29, 0.717) is 0 Å². The van der Waals surface area contributed by atoms with Crippen molar-refractivity contribution in [2.24, 2.45) is 5.11 Å². The van der Waals surface area contributed by atoms with Crippen molar-refractivity contribution >= 4 is 28.5 Å². The summed E-state index contributed by atoms with van der Waals surface area (Å²) in [5.74, 6) is -0.542. The Morgan fingerprint density at radius 1 is 1.50 bits per heavy atom. The van der Waals surface area contributed by atoms with Crippen LogP contribution < -0.4 is 4.74 Å². The van der Waals surface area contributed by atoms with Gasteiger partial charge in [0.05, 0.1) is 5.56 Å². The Morgan fingerprint density at radius 2 is 2.19 bits per heavy atom. The van der Waals surface area contributed by atoms with Crippen molar-refractivity contribution in [2.75, 3.05) is 0 Å². The van der Waals surface area contributed by atoms with Gasteiger partial charge in [-0.3, -0.25) is 9.59 Å². The van der Waals surface area contributed by atoms with Gasteiger partial charge in [-0.25, -0.2) is 0 Å². The van der Waals surface area contributed by atoms with Crippen LogP contribution in [0.2, 0.25) is 0 Å². The number of nitrogens with zero attached hydrogens (tertiary/aromatic N) is 3. The van der Waals surface area contributed by atoms with E-state index in [1.165, 1.54) is 25.1 Å². The first-order chi connectivity index (χ1) is 7.54. The third kappa shape index (κ3) is 2.98. The molecule has 0 saturated heterocycles. The van der Waals surface area contributed by atoms with Crippen LogP contribution in [0.25, 0.3) is 10.4 Å². The lowest BCUT2D eigenvalue weighted by molar-refractivity contribution is -0.131. The highest BCUT2D eigenvalue weighted by atomic mass is 35.5. The second-order valence-electron chi connectivity index (χ2n) is 2.74. The molecule has 0 aromatic heterocycles. The van der Waals surface area contributed by atoms with E-state index in [0.717, 1.165) is 0 Å². The maximum Gasteiger partial charge on any atom is 0.308 e. The first-order valence-electron chi connectivity index (χ1n) is 4.12. The molecule has 0 unspecified atom stereocenters. The molecule has 0 amide bonds. The Hall–Kier alpha value is -2.04. The number of azide groups is 1. The molecule has 0 aliphatic carbocycles. The van der Waals surface area contributed by atoms with Gasteiger partial charge in [0.1, 0.15) is 5.75 Å². The van der Waals surface area contributed by atoms with Gasteiger partial charge in [0.15, 0.2) is 0 Å². The number of esters is 1. The summed E-state index contributed by atoms with van der Waals surface area (Å²) in [6, 6.07) is 3.98. The summed E-state index contributed by atoms with van der Waals surface area (Å²) >= 11 is 5.30. The number of carbonyl (C=O) groups is 2. The summed E-state index contributed by atoms with van der Waals surface area (Å²) in [6.07, 6.45) is 0. The molecule has 0 radical (unpaired) electrons. The molecule has 16 heavy (non-hydrogen) atoms. The standard InChI is InChI=1S/C9H6ClN3O3/c1-5(14)16-8-3-2-6(12-13-11)4-7(8)9(10)15/h2-4H,1H3. The number of ether oxygens (including phenoxy) is 1. The van der Waals surface area contributed by atoms with E-state index >= 15 is 0 Å². The zero-order chi connectivity index (χ0) is 12.1. The van der Waals surface area contributed by atoms with Gasteiger partial charge in [-0.05, 0) is 35.3 Å². The van der Waals surface area contributed by atoms with Gasteiger partial charge in [0.2, 0.25) is 0 Å². The van der Waals surface area contributed by atoms with E-state index < -0.39 is 11.2 Å². The molecule has 0 heterocycles. The molecule has 1 rings (SSSR count). The fraction of sp³-hybridized carbons (Fsp3) is 0.111. The fourth-order valence-corrected chi connectivity index (χ4v) is 1.18. The lowest BCUT2D eigenvalue weighted by Gasteiger charge is -2.05. The molecule has 0 spiro atoms. The summed E-state index contributed by atoms with van der Waals surface area (Å²) < 4.78 is 4.76. The summed E-state index contributed by atoms with van der Waals surface area (Å²) in [5.41, 5.74) is 8.40. The molecule has 0 aliphatic heterocycles. The molecule has 0 aliphatic rings. The monoisotopic (exact) mass is 239 g/mol. The molecule has 0 bridgehead atoms. The Bertz CT molecular complexity index is 495. The maximum absolute atomic E-state index is 11.0. The average molecular weight is 240 g/mol. The van der Waals surface area contributed by atoms with Gasteiger partial charge in [0.25, 0.3) is 5.24 Å². The lowest BCUT2D eigenvalue weighted by atomic mass is 10.2. The molecule has 6 nitrogen and oxygen atoms in total. The van der Waals surface area contributed by atoms with Crippen LogP contribution in [0.1, 0.15) is 17.3 Å². The predicted molar refractivity (Wildman–Crippen MR) is 56.7 cm³/mol. The molecule has 0 fully saturated rings. The molecule has 0 N–H and O–H groups in total. The second kappa shape index (κ2) is 5.16. The summed E-state index contributed by atoms with van der Waals surface area (Å²) in [7, 11) is 0. The number of halogens is 1. The Morgan fingerprint density at radius 3 is 2.69 bits per heavy atom. The fourth-order valence-electron chi connectivity index (χ4n) is 1.03. The highest BCUT2D eigenvalue weighted by Crippen LogP contribution is 2.26. The number of rotatable bonds is 3. The van der Waals surface area contributed by atoms with Crippen molar-refractivity contribution in [2.45, 2.75) is 6.92 Å². The van der Waals surface area contributed by atoms with E-state index in [4.69, 9.17) is 21.9 Å². The summed E-state index contributed by atoms with van der Waals surface area (Å²) in [4.78, 5) is 24.3. The number of hydrogen-bond acceptors (Lipinski definition) is 4. The molecular weight excluding hydrogens is 234 g/mol. The molecule has 7 heteroatoms. The Balaban J connectivity index is 3.24. The van der Waals surface area contributed by atoms with E-state index in [9.17, 15) is 9.59 Å². The molecule has 82 valence electrons. The normalized spacial score (nSPS) is 9.12. The first-order valence-corrected chi connectivity index (χ1v) is 4.50. The van der Waals surface area contributed by atoms with Gasteiger partial charge in [-0.15, -0.1) is 0 Å². The number of hydrogen-bond donors (Lipinski definition) is 0. The van der Waals surface area contributed by atoms with Gasteiger partial charge in [0, 0.05) is 17.5 Å². The molecule has 1 aromatic rings. The number of benzene rings is 1. The SMILES string of the molecule is CC(=O)Oc1ccc(N=[N+]=[N-])cc1C(=O)Cl. The van der Waals surface area contributed by atoms with Crippen molar-refractivity contribution in [3.63, 3.8) is 0 Å². The summed E-state index contributed by atoms with van der Waals surface area (Å²) in [6.45, 7) is 1.20. The zero-order valence-electron chi connectivity index (χ0n) is 8.18. The average Bonchev–Trinajstić information content (AvgIpc) is 2.19.